The highest BCUT2D eigenvalue weighted by atomic mass is 19.1. The van der Waals surface area contributed by atoms with Crippen molar-refractivity contribution < 1.29 is 23.6 Å². The molecule has 0 aliphatic heterocycles. The number of carbonyl (C=O) groups is 2. The van der Waals surface area contributed by atoms with Crippen molar-refractivity contribution in [3.8, 4) is 0 Å². The average Bonchev–Trinajstić information content (AvgIpc) is 2.26. The topological polar surface area (TPSA) is 86.5 Å². The Morgan fingerprint density at radius 3 is 2.56 bits per heavy atom. The summed E-state index contributed by atoms with van der Waals surface area (Å²) in [6, 6.07) is 2.26. The minimum Gasteiger partial charge on any atom is -0.463 e. The van der Waals surface area contributed by atoms with Crippen LogP contribution < -0.4 is 0 Å². The maximum absolute atomic E-state index is 12.8. The van der Waals surface area contributed by atoms with Crippen molar-refractivity contribution in [1.82, 2.24) is 0 Å². The second-order valence-electron chi connectivity index (χ2n) is 2.74. The number of esters is 1. The Kier molecular flexibility index (Phi) is 3.29. The van der Waals surface area contributed by atoms with Crippen molar-refractivity contribution in [2.24, 2.45) is 0 Å². The van der Waals surface area contributed by atoms with E-state index in [0.717, 1.165) is 19.2 Å². The van der Waals surface area contributed by atoms with Gasteiger partial charge in [-0.25, -0.2) is 9.18 Å². The van der Waals surface area contributed by atoms with Gasteiger partial charge in [0.15, 0.2) is 0 Å². The van der Waals surface area contributed by atoms with E-state index in [1.165, 1.54) is 0 Å². The number of benzene rings is 1. The highest BCUT2D eigenvalue weighted by molar-refractivity contribution is 6.41. The molecule has 84 valence electrons. The van der Waals surface area contributed by atoms with Gasteiger partial charge in [-0.2, -0.15) is 0 Å². The van der Waals surface area contributed by atoms with Crippen LogP contribution in [0.25, 0.3) is 0 Å². The predicted molar refractivity (Wildman–Crippen MR) is 49.4 cm³/mol. The lowest BCUT2D eigenvalue weighted by atomic mass is 10.1. The molecule has 0 saturated carbocycles. The Morgan fingerprint density at radius 1 is 1.44 bits per heavy atom. The standard InChI is InChI=1S/C9H6FNO5/c1-16-9(13)8(12)6-4-5(10)2-3-7(6)11(14)15/h2-4H,1H3. The van der Waals surface area contributed by atoms with Crippen LogP contribution in [0.4, 0.5) is 10.1 Å². The Bertz CT molecular complexity index is 471. The van der Waals surface area contributed by atoms with E-state index >= 15 is 0 Å². The molecule has 0 amide bonds. The summed E-state index contributed by atoms with van der Waals surface area (Å²) in [6.07, 6.45) is 0. The second-order valence-corrected chi connectivity index (χ2v) is 2.74. The fourth-order valence-electron chi connectivity index (χ4n) is 1.05. The van der Waals surface area contributed by atoms with Crippen LogP contribution in [-0.4, -0.2) is 23.8 Å². The SMILES string of the molecule is COC(=O)C(=O)c1cc(F)ccc1[N+](=O)[O-]. The maximum Gasteiger partial charge on any atom is 0.379 e. The molecule has 0 atom stereocenters. The van der Waals surface area contributed by atoms with Gasteiger partial charge in [-0.15, -0.1) is 0 Å². The Labute approximate surface area is 88.8 Å². The second kappa shape index (κ2) is 4.47. The number of hydrogen-bond donors (Lipinski definition) is 0. The van der Waals surface area contributed by atoms with E-state index < -0.39 is 33.7 Å². The van der Waals surface area contributed by atoms with Crippen LogP contribution in [0.15, 0.2) is 18.2 Å². The molecule has 0 aliphatic carbocycles. The van der Waals surface area contributed by atoms with E-state index in [1.54, 1.807) is 0 Å². The Morgan fingerprint density at radius 2 is 2.06 bits per heavy atom. The van der Waals surface area contributed by atoms with Crippen molar-refractivity contribution in [2.75, 3.05) is 7.11 Å². The molecule has 6 nitrogen and oxygen atoms in total. The number of ketones is 1. The van der Waals surface area contributed by atoms with Crippen LogP contribution in [0.2, 0.25) is 0 Å². The molecule has 1 rings (SSSR count). The van der Waals surface area contributed by atoms with Crippen LogP contribution in [0.3, 0.4) is 0 Å². The third-order valence-electron chi connectivity index (χ3n) is 1.77. The van der Waals surface area contributed by atoms with Crippen LogP contribution in [0, 0.1) is 15.9 Å². The smallest absolute Gasteiger partial charge is 0.379 e. The van der Waals surface area contributed by atoms with Gasteiger partial charge in [0.1, 0.15) is 11.4 Å². The van der Waals surface area contributed by atoms with E-state index in [-0.39, 0.29) is 0 Å². The summed E-state index contributed by atoms with van der Waals surface area (Å²) >= 11 is 0. The number of nitro groups is 1. The van der Waals surface area contributed by atoms with Gasteiger partial charge in [0.05, 0.1) is 12.0 Å². The van der Waals surface area contributed by atoms with E-state index in [4.69, 9.17) is 0 Å². The third-order valence-corrected chi connectivity index (χ3v) is 1.77. The number of rotatable bonds is 3. The molecule has 0 heterocycles. The van der Waals surface area contributed by atoms with E-state index in [1.807, 2.05) is 0 Å². The van der Waals surface area contributed by atoms with E-state index in [0.29, 0.717) is 6.07 Å². The molecular formula is C9H6FNO5. The third kappa shape index (κ3) is 2.19. The first-order valence-electron chi connectivity index (χ1n) is 4.04. The summed E-state index contributed by atoms with van der Waals surface area (Å²) in [4.78, 5) is 31.8. The number of nitro benzene ring substituents is 1. The number of ether oxygens (including phenoxy) is 1. The monoisotopic (exact) mass is 227 g/mol. The first-order chi connectivity index (χ1) is 7.47. The minimum atomic E-state index is -1.28. The zero-order chi connectivity index (χ0) is 12.3. The van der Waals surface area contributed by atoms with Crippen LogP contribution in [-0.2, 0) is 9.53 Å². The minimum absolute atomic E-state index is 0.622. The highest BCUT2D eigenvalue weighted by Gasteiger charge is 2.26. The van der Waals surface area contributed by atoms with Crippen molar-refractivity contribution in [2.45, 2.75) is 0 Å². The lowest BCUT2D eigenvalue weighted by Crippen LogP contribution is -2.17. The summed E-state index contributed by atoms with van der Waals surface area (Å²) in [6.45, 7) is 0. The predicted octanol–water partition coefficient (Wildman–Crippen LogP) is 1.09. The number of hydrogen-bond acceptors (Lipinski definition) is 5. The fraction of sp³-hybridized carbons (Fsp3) is 0.111. The summed E-state index contributed by atoms with van der Waals surface area (Å²) in [5, 5.41) is 10.5. The zero-order valence-electron chi connectivity index (χ0n) is 8.10. The average molecular weight is 227 g/mol. The summed E-state index contributed by atoms with van der Waals surface area (Å²) in [5.41, 5.74) is -1.27. The van der Waals surface area contributed by atoms with Gasteiger partial charge in [-0.3, -0.25) is 14.9 Å². The molecule has 0 aromatic heterocycles. The normalized spacial score (nSPS) is 9.62. The largest absolute Gasteiger partial charge is 0.463 e. The number of halogens is 1. The van der Waals surface area contributed by atoms with Crippen molar-refractivity contribution in [3.05, 3.63) is 39.7 Å². The number of carbonyl (C=O) groups excluding carboxylic acids is 2. The van der Waals surface area contributed by atoms with Gasteiger partial charge in [0.25, 0.3) is 11.5 Å². The van der Waals surface area contributed by atoms with E-state index in [9.17, 15) is 24.1 Å². The number of methoxy groups -OCH3 is 1. The zero-order valence-corrected chi connectivity index (χ0v) is 8.10. The summed E-state index contributed by atoms with van der Waals surface area (Å²) in [5.74, 6) is -3.39. The molecule has 1 aromatic carbocycles. The summed E-state index contributed by atoms with van der Waals surface area (Å²) in [7, 11) is 0.950. The molecule has 1 aromatic rings. The Hall–Kier alpha value is -2.31. The molecule has 0 fully saturated rings. The molecule has 16 heavy (non-hydrogen) atoms. The first kappa shape index (κ1) is 11.8. The summed E-state index contributed by atoms with van der Waals surface area (Å²) < 4.78 is 16.9. The lowest BCUT2D eigenvalue weighted by Gasteiger charge is -2.00. The molecular weight excluding hydrogens is 221 g/mol. The van der Waals surface area contributed by atoms with Gasteiger partial charge < -0.3 is 4.74 Å². The van der Waals surface area contributed by atoms with Gasteiger partial charge in [-0.05, 0) is 12.1 Å². The van der Waals surface area contributed by atoms with E-state index in [2.05, 4.69) is 4.74 Å². The highest BCUT2D eigenvalue weighted by Crippen LogP contribution is 2.20. The first-order valence-corrected chi connectivity index (χ1v) is 4.04. The quantitative estimate of drug-likeness (QED) is 0.253. The van der Waals surface area contributed by atoms with Crippen molar-refractivity contribution >= 4 is 17.4 Å². The molecule has 0 aliphatic rings. The molecule has 0 radical (unpaired) electrons. The molecule has 0 saturated heterocycles. The van der Waals surface area contributed by atoms with Gasteiger partial charge in [0.2, 0.25) is 0 Å². The molecule has 0 bridgehead atoms. The van der Waals surface area contributed by atoms with Gasteiger partial charge in [-0.1, -0.05) is 0 Å². The fourth-order valence-corrected chi connectivity index (χ4v) is 1.05. The number of Topliss-reactive ketones (excluding diaryl/α,β-unsaturated/α-hetero) is 1. The molecule has 0 spiro atoms. The lowest BCUT2D eigenvalue weighted by molar-refractivity contribution is -0.385. The maximum atomic E-state index is 12.8. The van der Waals surface area contributed by atoms with Crippen LogP contribution >= 0.6 is 0 Å². The van der Waals surface area contributed by atoms with Crippen LogP contribution in [0.5, 0.6) is 0 Å². The molecule has 0 unspecified atom stereocenters. The molecule has 0 N–H and O–H groups in total. The molecule has 7 heteroatoms. The van der Waals surface area contributed by atoms with Gasteiger partial charge in [0, 0.05) is 6.07 Å². The number of nitrogens with zero attached hydrogens (tertiary/aromatic N) is 1. The van der Waals surface area contributed by atoms with Crippen molar-refractivity contribution in [3.63, 3.8) is 0 Å². The van der Waals surface area contributed by atoms with Crippen LogP contribution in [0.1, 0.15) is 10.4 Å². The Balaban J connectivity index is 3.30. The van der Waals surface area contributed by atoms with Crippen molar-refractivity contribution in [1.29, 1.82) is 0 Å². The van der Waals surface area contributed by atoms with Gasteiger partial charge >= 0.3 is 5.97 Å².